The van der Waals surface area contributed by atoms with Crippen molar-refractivity contribution in [3.63, 3.8) is 0 Å². The summed E-state index contributed by atoms with van der Waals surface area (Å²) >= 11 is 0. The highest BCUT2D eigenvalue weighted by molar-refractivity contribution is 6.00. The molecular weight excluding hydrogens is 274 g/mol. The third kappa shape index (κ3) is 3.57. The van der Waals surface area contributed by atoms with Crippen LogP contribution in [0.1, 0.15) is 10.5 Å². The molecule has 0 spiro atoms. The minimum Gasteiger partial charge on any atom is -0.448 e. The lowest BCUT2D eigenvalue weighted by Crippen LogP contribution is -2.29. The standard InChI is InChI=1S/C13H15N5O3/c14-13(20)21-6-5-16-12(19)10-7-8-3-1-2-4-9(8)11(17-10)18-15/h1-4,7H,5-6,15H2,(H2,14,20)(H,16,19)(H,17,18). The first-order valence-corrected chi connectivity index (χ1v) is 6.18. The number of fused-ring (bicyclic) bond motifs is 1. The van der Waals surface area contributed by atoms with Gasteiger partial charge in [-0.2, -0.15) is 0 Å². The number of ether oxygens (including phenoxy) is 1. The van der Waals surface area contributed by atoms with Crippen LogP contribution in [0, 0.1) is 0 Å². The number of nitrogens with two attached hydrogens (primary N) is 2. The molecule has 1 aromatic heterocycles. The summed E-state index contributed by atoms with van der Waals surface area (Å²) < 4.78 is 4.51. The fourth-order valence-corrected chi connectivity index (χ4v) is 1.83. The number of carbonyl (C=O) groups is 2. The number of hydrazine groups is 1. The van der Waals surface area contributed by atoms with Gasteiger partial charge in [-0.25, -0.2) is 15.6 Å². The topological polar surface area (TPSA) is 132 Å². The first kappa shape index (κ1) is 14.5. The quantitative estimate of drug-likeness (QED) is 0.356. The van der Waals surface area contributed by atoms with Crippen molar-refractivity contribution in [1.29, 1.82) is 0 Å². The molecule has 0 radical (unpaired) electrons. The first-order chi connectivity index (χ1) is 10.1. The fraction of sp³-hybridized carbons (Fsp3) is 0.154. The number of anilines is 1. The predicted molar refractivity (Wildman–Crippen MR) is 77.4 cm³/mol. The zero-order chi connectivity index (χ0) is 15.2. The van der Waals surface area contributed by atoms with Crippen LogP contribution in [0.3, 0.4) is 0 Å². The highest BCUT2D eigenvalue weighted by atomic mass is 16.5. The van der Waals surface area contributed by atoms with Gasteiger partial charge in [0.15, 0.2) is 0 Å². The van der Waals surface area contributed by atoms with Gasteiger partial charge in [0.05, 0.1) is 6.54 Å². The summed E-state index contributed by atoms with van der Waals surface area (Å²) in [6, 6.07) is 9.06. The summed E-state index contributed by atoms with van der Waals surface area (Å²) in [4.78, 5) is 26.5. The van der Waals surface area contributed by atoms with Crippen LogP contribution < -0.4 is 22.3 Å². The maximum atomic E-state index is 12.0. The molecule has 2 amide bonds. The summed E-state index contributed by atoms with van der Waals surface area (Å²) in [5, 5.41) is 4.21. The van der Waals surface area contributed by atoms with Gasteiger partial charge in [-0.15, -0.1) is 0 Å². The predicted octanol–water partition coefficient (Wildman–Crippen LogP) is 0.346. The molecule has 1 heterocycles. The number of nitrogens with zero attached hydrogens (tertiary/aromatic N) is 1. The zero-order valence-electron chi connectivity index (χ0n) is 11.1. The number of nitrogen functional groups attached to an aromatic ring is 1. The van der Waals surface area contributed by atoms with Gasteiger partial charge in [-0.05, 0) is 11.5 Å². The molecule has 0 saturated carbocycles. The fourth-order valence-electron chi connectivity index (χ4n) is 1.83. The number of rotatable bonds is 5. The third-order valence-corrected chi connectivity index (χ3v) is 2.74. The normalized spacial score (nSPS) is 10.1. The molecule has 0 aliphatic rings. The maximum Gasteiger partial charge on any atom is 0.404 e. The molecule has 2 aromatic rings. The van der Waals surface area contributed by atoms with Gasteiger partial charge in [-0.3, -0.25) is 4.79 Å². The number of benzene rings is 1. The third-order valence-electron chi connectivity index (χ3n) is 2.74. The molecule has 110 valence electrons. The highest BCUT2D eigenvalue weighted by Gasteiger charge is 2.11. The van der Waals surface area contributed by atoms with E-state index < -0.39 is 12.0 Å². The van der Waals surface area contributed by atoms with Crippen LogP contribution in [0.2, 0.25) is 0 Å². The van der Waals surface area contributed by atoms with E-state index in [0.29, 0.717) is 5.82 Å². The Morgan fingerprint density at radius 1 is 1.29 bits per heavy atom. The molecule has 0 aliphatic carbocycles. The second-order valence-corrected chi connectivity index (χ2v) is 4.14. The van der Waals surface area contributed by atoms with E-state index in [0.717, 1.165) is 10.8 Å². The van der Waals surface area contributed by atoms with Crippen LogP contribution in [0.4, 0.5) is 10.6 Å². The average Bonchev–Trinajstić information content (AvgIpc) is 2.50. The number of nitrogens with one attached hydrogen (secondary N) is 2. The summed E-state index contributed by atoms with van der Waals surface area (Å²) in [6.45, 7) is 0.137. The number of amides is 2. The van der Waals surface area contributed by atoms with E-state index in [4.69, 9.17) is 11.6 Å². The molecule has 1 aromatic carbocycles. The zero-order valence-corrected chi connectivity index (χ0v) is 11.1. The summed E-state index contributed by atoms with van der Waals surface area (Å²) in [6.07, 6.45) is -0.886. The van der Waals surface area contributed by atoms with Crippen LogP contribution >= 0.6 is 0 Å². The Bertz CT molecular complexity index is 674. The lowest BCUT2D eigenvalue weighted by Gasteiger charge is -2.09. The molecule has 0 bridgehead atoms. The molecule has 6 N–H and O–H groups in total. The molecule has 2 rings (SSSR count). The molecule has 0 unspecified atom stereocenters. The smallest absolute Gasteiger partial charge is 0.404 e. The van der Waals surface area contributed by atoms with Crippen molar-refractivity contribution in [2.75, 3.05) is 18.6 Å². The van der Waals surface area contributed by atoms with Crippen LogP contribution in [-0.4, -0.2) is 30.1 Å². The van der Waals surface area contributed by atoms with E-state index in [1.165, 1.54) is 0 Å². The van der Waals surface area contributed by atoms with Gasteiger partial charge >= 0.3 is 6.09 Å². The van der Waals surface area contributed by atoms with Gasteiger partial charge in [0.2, 0.25) is 0 Å². The molecule has 0 aliphatic heterocycles. The van der Waals surface area contributed by atoms with Gasteiger partial charge in [0.25, 0.3) is 5.91 Å². The Kier molecular flexibility index (Phi) is 4.52. The molecule has 8 heteroatoms. The van der Waals surface area contributed by atoms with Crippen molar-refractivity contribution in [2.45, 2.75) is 0 Å². The Hall–Kier alpha value is -2.87. The molecule has 0 fully saturated rings. The minimum atomic E-state index is -0.886. The largest absolute Gasteiger partial charge is 0.448 e. The SMILES string of the molecule is NNc1nc(C(=O)NCCOC(N)=O)cc2ccccc12. The Morgan fingerprint density at radius 3 is 2.76 bits per heavy atom. The Morgan fingerprint density at radius 2 is 2.05 bits per heavy atom. The van der Waals surface area contributed by atoms with Crippen molar-refractivity contribution >= 4 is 28.6 Å². The van der Waals surface area contributed by atoms with Crippen LogP contribution in [0.5, 0.6) is 0 Å². The number of primary amides is 1. The van der Waals surface area contributed by atoms with E-state index >= 15 is 0 Å². The number of pyridine rings is 1. The molecule has 0 saturated heterocycles. The van der Waals surface area contributed by atoms with Crippen molar-refractivity contribution in [3.8, 4) is 0 Å². The molecule has 0 atom stereocenters. The van der Waals surface area contributed by atoms with Crippen LogP contribution in [0.25, 0.3) is 10.8 Å². The van der Waals surface area contributed by atoms with Gasteiger partial charge in [0.1, 0.15) is 18.1 Å². The first-order valence-electron chi connectivity index (χ1n) is 6.18. The molecule has 21 heavy (non-hydrogen) atoms. The van der Waals surface area contributed by atoms with Crippen molar-refractivity contribution in [2.24, 2.45) is 11.6 Å². The number of aromatic nitrogens is 1. The van der Waals surface area contributed by atoms with E-state index in [2.05, 4.69) is 20.5 Å². The van der Waals surface area contributed by atoms with E-state index in [1.54, 1.807) is 6.07 Å². The maximum absolute atomic E-state index is 12.0. The Balaban J connectivity index is 2.14. The average molecular weight is 289 g/mol. The number of hydrogen-bond acceptors (Lipinski definition) is 6. The summed E-state index contributed by atoms with van der Waals surface area (Å²) in [5.41, 5.74) is 7.49. The van der Waals surface area contributed by atoms with Crippen LogP contribution in [-0.2, 0) is 4.74 Å². The van der Waals surface area contributed by atoms with Crippen molar-refractivity contribution in [3.05, 3.63) is 36.0 Å². The highest BCUT2D eigenvalue weighted by Crippen LogP contribution is 2.21. The second-order valence-electron chi connectivity index (χ2n) is 4.14. The minimum absolute atomic E-state index is 0.00332. The van der Waals surface area contributed by atoms with E-state index in [-0.39, 0.29) is 18.8 Å². The lowest BCUT2D eigenvalue weighted by molar-refractivity contribution is 0.0932. The van der Waals surface area contributed by atoms with Gasteiger partial charge in [-0.1, -0.05) is 24.3 Å². The second kappa shape index (κ2) is 6.53. The lowest BCUT2D eigenvalue weighted by atomic mass is 10.1. The van der Waals surface area contributed by atoms with E-state index in [1.807, 2.05) is 24.3 Å². The number of hydrogen-bond donors (Lipinski definition) is 4. The van der Waals surface area contributed by atoms with Gasteiger partial charge < -0.3 is 21.2 Å². The van der Waals surface area contributed by atoms with Gasteiger partial charge in [0, 0.05) is 5.39 Å². The van der Waals surface area contributed by atoms with E-state index in [9.17, 15) is 9.59 Å². The summed E-state index contributed by atoms with van der Waals surface area (Å²) in [5.74, 6) is 5.44. The molecule has 8 nitrogen and oxygen atoms in total. The van der Waals surface area contributed by atoms with Crippen molar-refractivity contribution in [1.82, 2.24) is 10.3 Å². The van der Waals surface area contributed by atoms with Crippen LogP contribution in [0.15, 0.2) is 30.3 Å². The van der Waals surface area contributed by atoms with Crippen molar-refractivity contribution < 1.29 is 14.3 Å². The number of carbonyl (C=O) groups excluding carboxylic acids is 2. The Labute approximate surface area is 120 Å². The summed E-state index contributed by atoms with van der Waals surface area (Å²) in [7, 11) is 0. The monoisotopic (exact) mass is 289 g/mol. The molecular formula is C13H15N5O3.